The largest absolute Gasteiger partial charge is 0.427 e. The van der Waals surface area contributed by atoms with Crippen molar-refractivity contribution in [3.8, 4) is 0 Å². The highest BCUT2D eigenvalue weighted by Gasteiger charge is 2.21. The number of pyridine rings is 1. The molecule has 2 N–H and O–H groups in total. The van der Waals surface area contributed by atoms with E-state index in [0.29, 0.717) is 0 Å². The van der Waals surface area contributed by atoms with Crippen LogP contribution in [-0.4, -0.2) is 21.4 Å². The second kappa shape index (κ2) is 4.18. The Hall–Kier alpha value is -1.88. The zero-order valence-electron chi connectivity index (χ0n) is 9.47. The summed E-state index contributed by atoms with van der Waals surface area (Å²) in [5, 5.41) is 0. The Kier molecular flexibility index (Phi) is 2.53. The van der Waals surface area contributed by atoms with Gasteiger partial charge in [0.1, 0.15) is 5.76 Å². The number of hydrogen-bond acceptors (Lipinski definition) is 5. The molecule has 1 aliphatic heterocycles. The number of oxazole rings is 1. The summed E-state index contributed by atoms with van der Waals surface area (Å²) in [6.45, 7) is 2.67. The van der Waals surface area contributed by atoms with Gasteiger partial charge in [0.25, 0.3) is 6.01 Å². The van der Waals surface area contributed by atoms with E-state index >= 15 is 0 Å². The summed E-state index contributed by atoms with van der Waals surface area (Å²) in [5.41, 5.74) is 7.82. The van der Waals surface area contributed by atoms with Crippen molar-refractivity contribution in [2.24, 2.45) is 0 Å². The summed E-state index contributed by atoms with van der Waals surface area (Å²) in [5.74, 6) is 0.905. The van der Waals surface area contributed by atoms with Crippen LogP contribution >= 0.6 is 0 Å². The van der Waals surface area contributed by atoms with Crippen molar-refractivity contribution in [3.05, 3.63) is 41.5 Å². The average Bonchev–Trinajstić information content (AvgIpc) is 2.70. The highest BCUT2D eigenvalue weighted by molar-refractivity contribution is 5.22. The molecule has 0 aromatic carbocycles. The summed E-state index contributed by atoms with van der Waals surface area (Å²) in [6, 6.07) is 4.34. The van der Waals surface area contributed by atoms with Gasteiger partial charge in [-0.1, -0.05) is 0 Å². The molecule has 0 fully saturated rings. The number of aromatic nitrogens is 2. The van der Waals surface area contributed by atoms with Gasteiger partial charge in [0.05, 0.1) is 12.2 Å². The number of fused-ring (bicyclic) bond motifs is 1. The third kappa shape index (κ3) is 2.14. The molecule has 0 aliphatic carbocycles. The lowest BCUT2D eigenvalue weighted by molar-refractivity contribution is 0.222. The van der Waals surface area contributed by atoms with Crippen LogP contribution in [0.25, 0.3) is 0 Å². The van der Waals surface area contributed by atoms with E-state index in [9.17, 15) is 0 Å². The fraction of sp³-hybridized carbons (Fsp3) is 0.333. The first-order valence-corrected chi connectivity index (χ1v) is 5.66. The molecule has 0 bridgehead atoms. The highest BCUT2D eigenvalue weighted by atomic mass is 16.4. The highest BCUT2D eigenvalue weighted by Crippen LogP contribution is 2.21. The van der Waals surface area contributed by atoms with E-state index in [-0.39, 0.29) is 6.01 Å². The third-order valence-corrected chi connectivity index (χ3v) is 2.98. The molecule has 2 aromatic heterocycles. The molecule has 0 saturated heterocycles. The number of anilines is 1. The summed E-state index contributed by atoms with van der Waals surface area (Å²) in [7, 11) is 0. The van der Waals surface area contributed by atoms with Crippen LogP contribution in [0, 0.1) is 0 Å². The van der Waals surface area contributed by atoms with Gasteiger partial charge in [0.2, 0.25) is 0 Å². The first kappa shape index (κ1) is 10.3. The number of rotatable bonds is 2. The van der Waals surface area contributed by atoms with Crippen LogP contribution in [0.4, 0.5) is 6.01 Å². The molecule has 0 saturated carbocycles. The van der Waals surface area contributed by atoms with Gasteiger partial charge in [-0.15, -0.1) is 0 Å². The number of nitrogens with zero attached hydrogens (tertiary/aromatic N) is 3. The van der Waals surface area contributed by atoms with Crippen molar-refractivity contribution in [2.75, 3.05) is 12.3 Å². The van der Waals surface area contributed by atoms with Gasteiger partial charge in [-0.3, -0.25) is 9.88 Å². The smallest absolute Gasteiger partial charge is 0.292 e. The summed E-state index contributed by atoms with van der Waals surface area (Å²) in [4.78, 5) is 10.5. The van der Waals surface area contributed by atoms with Crippen LogP contribution < -0.4 is 5.73 Å². The van der Waals surface area contributed by atoms with E-state index in [2.05, 4.69) is 14.9 Å². The molecule has 0 spiro atoms. The van der Waals surface area contributed by atoms with Crippen LogP contribution in [0.5, 0.6) is 0 Å². The number of nitrogens with two attached hydrogens (primary N) is 1. The molecule has 0 atom stereocenters. The van der Waals surface area contributed by atoms with Crippen molar-refractivity contribution in [2.45, 2.75) is 19.5 Å². The summed E-state index contributed by atoms with van der Waals surface area (Å²) in [6.07, 6.45) is 4.54. The number of hydrogen-bond donors (Lipinski definition) is 1. The Labute approximate surface area is 99.3 Å². The van der Waals surface area contributed by atoms with E-state index in [1.165, 1.54) is 5.56 Å². The Morgan fingerprint density at radius 1 is 1.35 bits per heavy atom. The van der Waals surface area contributed by atoms with Gasteiger partial charge in [-0.25, -0.2) is 0 Å². The molecule has 5 nitrogen and oxygen atoms in total. The monoisotopic (exact) mass is 230 g/mol. The molecule has 0 radical (unpaired) electrons. The van der Waals surface area contributed by atoms with E-state index in [1.807, 2.05) is 24.5 Å². The Bertz CT molecular complexity index is 508. The van der Waals surface area contributed by atoms with Gasteiger partial charge >= 0.3 is 0 Å². The minimum absolute atomic E-state index is 0.278. The normalized spacial score (nSPS) is 15.8. The van der Waals surface area contributed by atoms with Crippen molar-refractivity contribution < 1.29 is 4.42 Å². The molecule has 3 rings (SSSR count). The van der Waals surface area contributed by atoms with Crippen molar-refractivity contribution in [3.63, 3.8) is 0 Å². The molecule has 0 amide bonds. The molecule has 17 heavy (non-hydrogen) atoms. The van der Waals surface area contributed by atoms with Crippen molar-refractivity contribution in [1.82, 2.24) is 14.9 Å². The molecule has 0 unspecified atom stereocenters. The lowest BCUT2D eigenvalue weighted by atomic mass is 10.1. The predicted octanol–water partition coefficient (Wildman–Crippen LogP) is 1.21. The van der Waals surface area contributed by atoms with Gasteiger partial charge in [0.15, 0.2) is 0 Å². The van der Waals surface area contributed by atoms with Crippen molar-refractivity contribution >= 4 is 6.01 Å². The van der Waals surface area contributed by atoms with E-state index in [4.69, 9.17) is 10.2 Å². The van der Waals surface area contributed by atoms with Crippen LogP contribution in [-0.2, 0) is 19.5 Å². The second-order valence-corrected chi connectivity index (χ2v) is 4.24. The molecular weight excluding hydrogens is 216 g/mol. The topological polar surface area (TPSA) is 68.2 Å². The third-order valence-electron chi connectivity index (χ3n) is 2.98. The van der Waals surface area contributed by atoms with Crippen LogP contribution in [0.2, 0.25) is 0 Å². The van der Waals surface area contributed by atoms with E-state index < -0.39 is 0 Å². The SMILES string of the molecule is Nc1nc2c(o1)CN(Cc1ccncc1)CC2. The van der Waals surface area contributed by atoms with E-state index in [1.54, 1.807) is 0 Å². The maximum atomic E-state index is 5.55. The average molecular weight is 230 g/mol. The molecule has 2 aromatic rings. The standard InChI is InChI=1S/C12H14N4O/c13-12-15-10-3-6-16(8-11(10)17-12)7-9-1-4-14-5-2-9/h1-2,4-5H,3,6-8H2,(H2,13,15). The van der Waals surface area contributed by atoms with Crippen LogP contribution in [0.15, 0.2) is 28.9 Å². The molecule has 1 aliphatic rings. The maximum absolute atomic E-state index is 5.55. The zero-order valence-corrected chi connectivity index (χ0v) is 9.47. The molecule has 5 heteroatoms. The molecule has 3 heterocycles. The lowest BCUT2D eigenvalue weighted by Crippen LogP contribution is -2.29. The summed E-state index contributed by atoms with van der Waals surface area (Å²) >= 11 is 0. The second-order valence-electron chi connectivity index (χ2n) is 4.24. The molecular formula is C12H14N4O. The van der Waals surface area contributed by atoms with Crippen LogP contribution in [0.3, 0.4) is 0 Å². The van der Waals surface area contributed by atoms with Crippen LogP contribution in [0.1, 0.15) is 17.0 Å². The minimum atomic E-state index is 0.278. The first-order valence-electron chi connectivity index (χ1n) is 5.66. The fourth-order valence-electron chi connectivity index (χ4n) is 2.15. The van der Waals surface area contributed by atoms with Gasteiger partial charge in [-0.05, 0) is 17.7 Å². The Morgan fingerprint density at radius 2 is 2.18 bits per heavy atom. The van der Waals surface area contributed by atoms with Gasteiger partial charge in [0, 0.05) is 31.9 Å². The van der Waals surface area contributed by atoms with Crippen molar-refractivity contribution in [1.29, 1.82) is 0 Å². The minimum Gasteiger partial charge on any atom is -0.427 e. The zero-order chi connectivity index (χ0) is 11.7. The summed E-state index contributed by atoms with van der Waals surface area (Å²) < 4.78 is 5.39. The quantitative estimate of drug-likeness (QED) is 0.839. The Morgan fingerprint density at radius 3 is 3.00 bits per heavy atom. The maximum Gasteiger partial charge on any atom is 0.292 e. The van der Waals surface area contributed by atoms with E-state index in [0.717, 1.165) is 37.5 Å². The lowest BCUT2D eigenvalue weighted by Gasteiger charge is -2.24. The van der Waals surface area contributed by atoms with Gasteiger partial charge < -0.3 is 10.2 Å². The fourth-order valence-corrected chi connectivity index (χ4v) is 2.15. The Balaban J connectivity index is 1.72. The predicted molar refractivity (Wildman–Crippen MR) is 63.0 cm³/mol. The molecule has 88 valence electrons. The first-order chi connectivity index (χ1) is 8.31. The number of nitrogen functional groups attached to an aromatic ring is 1. The van der Waals surface area contributed by atoms with Gasteiger partial charge in [-0.2, -0.15) is 4.98 Å².